The predicted octanol–water partition coefficient (Wildman–Crippen LogP) is 9.27. The molecule has 0 aromatic carbocycles. The molecule has 3 N–H and O–H groups in total. The highest BCUT2D eigenvalue weighted by Gasteiger charge is 2.25. The van der Waals surface area contributed by atoms with Crippen LogP contribution in [0.2, 0.25) is 0 Å². The molecule has 0 bridgehead atoms. The Kier molecular flexibility index (Phi) is 31.3. The lowest BCUT2D eigenvalue weighted by atomic mass is 10.1. The Bertz CT molecular complexity index is 805. The molecule has 0 rings (SSSR count). The Hall–Kier alpha value is -1.51. The first-order chi connectivity index (χ1) is 21.8. The molecule has 0 aromatic rings. The van der Waals surface area contributed by atoms with Gasteiger partial charge >= 0.3 is 19.8 Å². The van der Waals surface area contributed by atoms with E-state index in [-0.39, 0.29) is 38.6 Å². The minimum Gasteiger partial charge on any atom is -0.462 e. The van der Waals surface area contributed by atoms with Gasteiger partial charge < -0.3 is 20.1 Å². The Balaban J connectivity index is 4.27. The zero-order chi connectivity index (χ0) is 33.3. The minimum absolute atomic E-state index is 0.0519. The highest BCUT2D eigenvalue weighted by molar-refractivity contribution is 7.47. The van der Waals surface area contributed by atoms with Crippen LogP contribution in [0, 0.1) is 0 Å². The topological polar surface area (TPSA) is 134 Å². The molecule has 1 unspecified atom stereocenters. The molecule has 264 valence electrons. The van der Waals surface area contributed by atoms with Gasteiger partial charge in [-0.15, -0.1) is 0 Å². The summed E-state index contributed by atoms with van der Waals surface area (Å²) in [7, 11) is -4.37. The molecule has 0 spiro atoms. The fraction of sp³-hybridized carbons (Fsp3) is 0.829. The number of hydrogen-bond acceptors (Lipinski definition) is 8. The molecule has 9 nitrogen and oxygen atoms in total. The first kappa shape index (κ1) is 43.5. The number of carbonyl (C=O) groups is 2. The molecule has 0 aromatic heterocycles. The van der Waals surface area contributed by atoms with Crippen LogP contribution in [0.4, 0.5) is 0 Å². The van der Waals surface area contributed by atoms with Crippen LogP contribution in [0.5, 0.6) is 0 Å². The maximum atomic E-state index is 12.5. The van der Waals surface area contributed by atoms with E-state index in [2.05, 4.69) is 38.2 Å². The number of allylic oxidation sites excluding steroid dienone is 4. The van der Waals surface area contributed by atoms with Crippen molar-refractivity contribution >= 4 is 19.8 Å². The maximum Gasteiger partial charge on any atom is 0.472 e. The molecule has 0 radical (unpaired) electrons. The van der Waals surface area contributed by atoms with Gasteiger partial charge in [-0.2, -0.15) is 0 Å². The van der Waals surface area contributed by atoms with Crippen molar-refractivity contribution in [2.45, 2.75) is 161 Å². The Morgan fingerprint density at radius 3 is 1.73 bits per heavy atom. The summed E-state index contributed by atoms with van der Waals surface area (Å²) in [5.74, 6) is -0.848. The molecule has 0 amide bonds. The number of ether oxygens (including phenoxy) is 2. The van der Waals surface area contributed by atoms with Crippen molar-refractivity contribution in [1.29, 1.82) is 0 Å². The van der Waals surface area contributed by atoms with E-state index < -0.39 is 26.5 Å². The second-order valence-corrected chi connectivity index (χ2v) is 13.2. The number of unbranched alkanes of at least 4 members (excludes halogenated alkanes) is 16. The third-order valence-corrected chi connectivity index (χ3v) is 8.32. The van der Waals surface area contributed by atoms with Crippen LogP contribution >= 0.6 is 7.82 Å². The lowest BCUT2D eigenvalue weighted by Crippen LogP contribution is -2.29. The van der Waals surface area contributed by atoms with Crippen LogP contribution in [0.25, 0.3) is 0 Å². The van der Waals surface area contributed by atoms with Gasteiger partial charge in [-0.1, -0.05) is 122 Å². The lowest BCUT2D eigenvalue weighted by Gasteiger charge is -2.19. The molecular formula is C35H66NO8P. The summed E-state index contributed by atoms with van der Waals surface area (Å²) in [6.45, 7) is 3.65. The highest BCUT2D eigenvalue weighted by Crippen LogP contribution is 2.43. The van der Waals surface area contributed by atoms with E-state index in [4.69, 9.17) is 24.3 Å². The maximum absolute atomic E-state index is 12.5. The van der Waals surface area contributed by atoms with E-state index in [1.165, 1.54) is 64.2 Å². The molecule has 45 heavy (non-hydrogen) atoms. The van der Waals surface area contributed by atoms with Gasteiger partial charge in [0, 0.05) is 19.4 Å². The van der Waals surface area contributed by atoms with Crippen LogP contribution < -0.4 is 5.73 Å². The van der Waals surface area contributed by atoms with Gasteiger partial charge in [-0.25, -0.2) is 4.57 Å². The average molecular weight is 660 g/mol. The molecule has 0 heterocycles. The van der Waals surface area contributed by atoms with Gasteiger partial charge in [0.25, 0.3) is 0 Å². The van der Waals surface area contributed by atoms with E-state index in [1.54, 1.807) is 0 Å². The van der Waals surface area contributed by atoms with Gasteiger partial charge in [0.2, 0.25) is 0 Å². The molecule has 2 atom stereocenters. The molecule has 0 saturated carbocycles. The zero-order valence-corrected chi connectivity index (χ0v) is 29.5. The Morgan fingerprint density at radius 2 is 1.16 bits per heavy atom. The van der Waals surface area contributed by atoms with E-state index in [9.17, 15) is 19.0 Å². The lowest BCUT2D eigenvalue weighted by molar-refractivity contribution is -0.161. The van der Waals surface area contributed by atoms with Gasteiger partial charge in [-0.3, -0.25) is 18.6 Å². The second-order valence-electron chi connectivity index (χ2n) is 11.7. The number of rotatable bonds is 33. The van der Waals surface area contributed by atoms with E-state index in [0.29, 0.717) is 6.42 Å². The summed E-state index contributed by atoms with van der Waals surface area (Å²) >= 11 is 0. The number of esters is 2. The normalized spacial score (nSPS) is 13.8. The fourth-order valence-corrected chi connectivity index (χ4v) is 5.43. The standard InChI is InChI=1S/C35H66NO8P/c1-3-5-7-9-11-13-14-15-16-17-18-20-22-24-26-28-35(38)44-33(32-43-45(39,40)42-30-29-36)31-41-34(37)27-25-23-21-19-12-10-8-6-4-2/h11,13,15-16,33H,3-10,12,14,17-32,36H2,1-2H3,(H,39,40)/b13-11+,16-15+/t33-/m1/s1. The predicted molar refractivity (Wildman–Crippen MR) is 183 cm³/mol. The van der Waals surface area contributed by atoms with Crippen molar-refractivity contribution in [1.82, 2.24) is 0 Å². The van der Waals surface area contributed by atoms with E-state index in [1.807, 2.05) is 0 Å². The van der Waals surface area contributed by atoms with Crippen LogP contribution in [0.1, 0.15) is 155 Å². The van der Waals surface area contributed by atoms with Crippen LogP contribution in [0.15, 0.2) is 24.3 Å². The average Bonchev–Trinajstić information content (AvgIpc) is 3.02. The first-order valence-electron chi connectivity index (χ1n) is 17.8. The van der Waals surface area contributed by atoms with Crippen LogP contribution in [0.3, 0.4) is 0 Å². The molecule has 0 aliphatic rings. The van der Waals surface area contributed by atoms with E-state index in [0.717, 1.165) is 57.8 Å². The minimum atomic E-state index is -4.37. The summed E-state index contributed by atoms with van der Waals surface area (Å²) in [5, 5.41) is 0. The van der Waals surface area contributed by atoms with Crippen molar-refractivity contribution in [2.75, 3.05) is 26.4 Å². The number of carbonyl (C=O) groups excluding carboxylic acids is 2. The Labute approximate surface area is 274 Å². The first-order valence-corrected chi connectivity index (χ1v) is 19.3. The molecule has 0 saturated heterocycles. The van der Waals surface area contributed by atoms with Crippen LogP contribution in [-0.2, 0) is 32.7 Å². The third-order valence-electron chi connectivity index (χ3n) is 7.34. The number of phosphoric acid groups is 1. The van der Waals surface area contributed by atoms with Crippen molar-refractivity contribution in [3.8, 4) is 0 Å². The quantitative estimate of drug-likeness (QED) is 0.0306. The second kappa shape index (κ2) is 32.4. The summed E-state index contributed by atoms with van der Waals surface area (Å²) in [6.07, 6.45) is 30.7. The molecule has 0 fully saturated rings. The molecule has 0 aliphatic heterocycles. The number of hydrogen-bond donors (Lipinski definition) is 2. The van der Waals surface area contributed by atoms with Gasteiger partial charge in [0.15, 0.2) is 6.10 Å². The summed E-state index contributed by atoms with van der Waals surface area (Å²) in [5.41, 5.74) is 5.31. The van der Waals surface area contributed by atoms with Crippen molar-refractivity contribution in [2.24, 2.45) is 5.73 Å². The molecule has 10 heteroatoms. The summed E-state index contributed by atoms with van der Waals surface area (Å²) in [6, 6.07) is 0. The van der Waals surface area contributed by atoms with Crippen molar-refractivity contribution < 1.29 is 37.6 Å². The Morgan fingerprint density at radius 1 is 0.667 bits per heavy atom. The largest absolute Gasteiger partial charge is 0.472 e. The highest BCUT2D eigenvalue weighted by atomic mass is 31.2. The smallest absolute Gasteiger partial charge is 0.462 e. The van der Waals surface area contributed by atoms with E-state index >= 15 is 0 Å². The number of phosphoric ester groups is 1. The van der Waals surface area contributed by atoms with Crippen molar-refractivity contribution in [3.63, 3.8) is 0 Å². The van der Waals surface area contributed by atoms with Gasteiger partial charge in [0.05, 0.1) is 13.2 Å². The fourth-order valence-electron chi connectivity index (χ4n) is 4.66. The van der Waals surface area contributed by atoms with Gasteiger partial charge in [0.1, 0.15) is 6.61 Å². The van der Waals surface area contributed by atoms with Crippen LogP contribution in [-0.4, -0.2) is 49.3 Å². The third kappa shape index (κ3) is 32.2. The zero-order valence-electron chi connectivity index (χ0n) is 28.6. The summed E-state index contributed by atoms with van der Waals surface area (Å²) in [4.78, 5) is 34.5. The molecular weight excluding hydrogens is 593 g/mol. The monoisotopic (exact) mass is 659 g/mol. The SMILES string of the molecule is CCCCC/C=C/C/C=C/CCCCCCCC(=O)O[C@H](COC(=O)CCCCCCCCCCC)COP(=O)(O)OCCN. The molecule has 0 aliphatic carbocycles. The summed E-state index contributed by atoms with van der Waals surface area (Å²) < 4.78 is 32.5. The number of nitrogens with two attached hydrogens (primary N) is 1. The van der Waals surface area contributed by atoms with Crippen molar-refractivity contribution in [3.05, 3.63) is 24.3 Å². The van der Waals surface area contributed by atoms with Gasteiger partial charge in [-0.05, 0) is 44.9 Å².